The fraction of sp³-hybridized carbons (Fsp3) is 0.429. The van der Waals surface area contributed by atoms with Gasteiger partial charge in [-0.05, 0) is 62.7 Å². The van der Waals surface area contributed by atoms with Gasteiger partial charge < -0.3 is 28.8 Å². The van der Waals surface area contributed by atoms with Gasteiger partial charge in [0.05, 0.1) is 32.1 Å². The molecule has 0 saturated carbocycles. The predicted octanol–water partition coefficient (Wildman–Crippen LogP) is 4.57. The van der Waals surface area contributed by atoms with E-state index >= 15 is 0 Å². The zero-order valence-electron chi connectivity index (χ0n) is 20.9. The molecule has 9 heteroatoms. The minimum atomic E-state index is -0.311. The van der Waals surface area contributed by atoms with Crippen LogP contribution in [0.2, 0.25) is 0 Å². The van der Waals surface area contributed by atoms with Gasteiger partial charge >= 0.3 is 0 Å². The topological polar surface area (TPSA) is 83.8 Å². The van der Waals surface area contributed by atoms with Crippen molar-refractivity contribution in [3.05, 3.63) is 59.7 Å². The van der Waals surface area contributed by atoms with Crippen LogP contribution in [0.3, 0.4) is 0 Å². The van der Waals surface area contributed by atoms with Crippen molar-refractivity contribution < 1.29 is 23.2 Å². The number of halogens is 1. The second-order valence-electron chi connectivity index (χ2n) is 9.98. The highest BCUT2D eigenvalue weighted by molar-refractivity contribution is 5.98. The molecule has 8 nitrogen and oxygen atoms in total. The second-order valence-corrected chi connectivity index (χ2v) is 9.98. The highest BCUT2D eigenvalue weighted by atomic mass is 19.1. The van der Waals surface area contributed by atoms with Crippen LogP contribution in [0.5, 0.6) is 5.75 Å². The molecule has 0 radical (unpaired) electrons. The third-order valence-electron chi connectivity index (χ3n) is 7.76. The normalized spacial score (nSPS) is 19.6. The summed E-state index contributed by atoms with van der Waals surface area (Å²) in [4.78, 5) is 21.1. The van der Waals surface area contributed by atoms with E-state index in [1.165, 1.54) is 12.1 Å². The number of fused-ring (bicyclic) bond motifs is 2. The zero-order chi connectivity index (χ0) is 25.4. The summed E-state index contributed by atoms with van der Waals surface area (Å²) in [6, 6.07) is 12.3. The number of benzene rings is 2. The number of ether oxygens (including phenoxy) is 2. The van der Waals surface area contributed by atoms with Crippen LogP contribution in [0.1, 0.15) is 41.4 Å². The summed E-state index contributed by atoms with van der Waals surface area (Å²) in [5, 5.41) is 6.15. The number of hydrogen-bond donors (Lipinski definition) is 1. The number of H-pyrrole nitrogens is 1. The van der Waals surface area contributed by atoms with Crippen molar-refractivity contribution in [2.75, 3.05) is 46.5 Å². The molecule has 1 amide bonds. The molecule has 2 aliphatic heterocycles. The number of aromatic amines is 1. The van der Waals surface area contributed by atoms with Crippen LogP contribution in [0.4, 0.5) is 4.39 Å². The standard InChI is InChI=1S/C28H31FN4O4/c1-35-22-4-2-19-14-25(30-24(19)16-22)28(34)33-12-13-36-17-21(33)8-11-32-9-6-18(7-10-32)27-23-5-3-20(29)15-26(23)37-31-27/h2-5,14-16,18,21,30H,6-13,17H2,1H3/t21-/m1/s1. The van der Waals surface area contributed by atoms with Gasteiger partial charge in [0.25, 0.3) is 5.91 Å². The lowest BCUT2D eigenvalue weighted by Gasteiger charge is -2.37. The van der Waals surface area contributed by atoms with E-state index < -0.39 is 0 Å². The van der Waals surface area contributed by atoms with Crippen molar-refractivity contribution in [1.82, 2.24) is 19.9 Å². The van der Waals surface area contributed by atoms with Crippen LogP contribution in [0.15, 0.2) is 47.0 Å². The maximum absolute atomic E-state index is 13.5. The molecule has 2 aliphatic rings. The summed E-state index contributed by atoms with van der Waals surface area (Å²) >= 11 is 0. The van der Waals surface area contributed by atoms with E-state index in [1.54, 1.807) is 13.2 Å². The van der Waals surface area contributed by atoms with Crippen molar-refractivity contribution >= 4 is 27.8 Å². The molecule has 4 aromatic rings. The van der Waals surface area contributed by atoms with Crippen molar-refractivity contribution in [1.29, 1.82) is 0 Å². The average molecular weight is 507 g/mol. The first-order valence-corrected chi connectivity index (χ1v) is 12.9. The van der Waals surface area contributed by atoms with Crippen LogP contribution >= 0.6 is 0 Å². The number of amides is 1. The van der Waals surface area contributed by atoms with Crippen LogP contribution in [0, 0.1) is 5.82 Å². The number of morpholine rings is 1. The quantitative estimate of drug-likeness (QED) is 0.413. The van der Waals surface area contributed by atoms with Gasteiger partial charge in [-0.3, -0.25) is 4.79 Å². The molecule has 0 aliphatic carbocycles. The van der Waals surface area contributed by atoms with Crippen LogP contribution in [-0.2, 0) is 4.74 Å². The minimum Gasteiger partial charge on any atom is -0.497 e. The van der Waals surface area contributed by atoms with E-state index in [2.05, 4.69) is 15.0 Å². The van der Waals surface area contributed by atoms with Crippen molar-refractivity contribution in [2.24, 2.45) is 0 Å². The molecule has 4 heterocycles. The Morgan fingerprint density at radius 2 is 2.03 bits per heavy atom. The van der Waals surface area contributed by atoms with E-state index in [4.69, 9.17) is 14.0 Å². The maximum atomic E-state index is 13.5. The molecular formula is C28H31FN4O4. The predicted molar refractivity (Wildman–Crippen MR) is 137 cm³/mol. The first-order chi connectivity index (χ1) is 18.1. The third kappa shape index (κ3) is 4.81. The summed E-state index contributed by atoms with van der Waals surface area (Å²) in [6.45, 7) is 4.50. The van der Waals surface area contributed by atoms with Gasteiger partial charge in [-0.2, -0.15) is 0 Å². The summed E-state index contributed by atoms with van der Waals surface area (Å²) in [5.74, 6) is 0.761. The highest BCUT2D eigenvalue weighted by Crippen LogP contribution is 2.33. The van der Waals surface area contributed by atoms with E-state index in [0.29, 0.717) is 37.0 Å². The number of likely N-dealkylation sites (tertiary alicyclic amines) is 1. The number of carbonyl (C=O) groups is 1. The molecule has 0 unspecified atom stereocenters. The number of carbonyl (C=O) groups excluding carboxylic acids is 1. The first-order valence-electron chi connectivity index (χ1n) is 12.9. The lowest BCUT2D eigenvalue weighted by atomic mass is 9.91. The van der Waals surface area contributed by atoms with Crippen molar-refractivity contribution in [3.8, 4) is 5.75 Å². The van der Waals surface area contributed by atoms with Crippen LogP contribution in [-0.4, -0.2) is 78.4 Å². The Morgan fingerprint density at radius 3 is 2.86 bits per heavy atom. The molecule has 2 aromatic carbocycles. The molecule has 2 fully saturated rings. The molecule has 0 bridgehead atoms. The lowest BCUT2D eigenvalue weighted by Crippen LogP contribution is -2.50. The number of nitrogens with one attached hydrogen (secondary N) is 1. The Labute approximate surface area is 214 Å². The van der Waals surface area contributed by atoms with E-state index in [-0.39, 0.29) is 17.8 Å². The molecule has 2 aromatic heterocycles. The first kappa shape index (κ1) is 23.9. The Hall–Kier alpha value is -3.43. The highest BCUT2D eigenvalue weighted by Gasteiger charge is 2.31. The Kier molecular flexibility index (Phi) is 6.56. The number of hydrogen-bond acceptors (Lipinski definition) is 6. The van der Waals surface area contributed by atoms with Gasteiger partial charge in [0.1, 0.15) is 17.3 Å². The fourth-order valence-electron chi connectivity index (χ4n) is 5.65. The number of aromatic nitrogens is 2. The fourth-order valence-corrected chi connectivity index (χ4v) is 5.65. The molecule has 2 saturated heterocycles. The largest absolute Gasteiger partial charge is 0.497 e. The number of piperidine rings is 1. The molecule has 194 valence electrons. The van der Waals surface area contributed by atoms with Crippen LogP contribution < -0.4 is 4.74 Å². The molecule has 37 heavy (non-hydrogen) atoms. The lowest BCUT2D eigenvalue weighted by molar-refractivity contribution is -0.00751. The minimum absolute atomic E-state index is 0.0107. The molecule has 0 spiro atoms. The van der Waals surface area contributed by atoms with Gasteiger partial charge in [-0.1, -0.05) is 5.16 Å². The Bertz CT molecular complexity index is 1410. The number of rotatable bonds is 6. The van der Waals surface area contributed by atoms with Gasteiger partial charge in [0.15, 0.2) is 5.58 Å². The molecule has 1 atom stereocenters. The van der Waals surface area contributed by atoms with Gasteiger partial charge in [0, 0.05) is 47.4 Å². The van der Waals surface area contributed by atoms with Gasteiger partial charge in [0.2, 0.25) is 0 Å². The van der Waals surface area contributed by atoms with E-state index in [0.717, 1.165) is 66.6 Å². The summed E-state index contributed by atoms with van der Waals surface area (Å²) in [7, 11) is 1.63. The Morgan fingerprint density at radius 1 is 1.16 bits per heavy atom. The van der Waals surface area contributed by atoms with Gasteiger partial charge in [-0.15, -0.1) is 0 Å². The number of methoxy groups -OCH3 is 1. The Balaban J connectivity index is 1.07. The molecule has 1 N–H and O–H groups in total. The monoisotopic (exact) mass is 506 g/mol. The second kappa shape index (κ2) is 10.1. The number of nitrogens with zero attached hydrogens (tertiary/aromatic N) is 3. The van der Waals surface area contributed by atoms with Crippen molar-refractivity contribution in [3.63, 3.8) is 0 Å². The zero-order valence-corrected chi connectivity index (χ0v) is 20.9. The third-order valence-corrected chi connectivity index (χ3v) is 7.76. The van der Waals surface area contributed by atoms with E-state index in [1.807, 2.05) is 29.2 Å². The summed E-state index contributed by atoms with van der Waals surface area (Å²) in [5.41, 5.74) is 2.92. The average Bonchev–Trinajstić information content (AvgIpc) is 3.55. The molecule has 6 rings (SSSR count). The van der Waals surface area contributed by atoms with Crippen molar-refractivity contribution in [2.45, 2.75) is 31.2 Å². The summed E-state index contributed by atoms with van der Waals surface area (Å²) in [6.07, 6.45) is 2.80. The van der Waals surface area contributed by atoms with E-state index in [9.17, 15) is 9.18 Å². The van der Waals surface area contributed by atoms with Crippen LogP contribution in [0.25, 0.3) is 21.9 Å². The SMILES string of the molecule is COc1ccc2cc(C(=O)N3CCOC[C@H]3CCN3CCC(c4noc5cc(F)ccc45)CC3)[nH]c2c1. The van der Waals surface area contributed by atoms with Gasteiger partial charge in [-0.25, -0.2) is 4.39 Å². The smallest absolute Gasteiger partial charge is 0.270 e. The summed E-state index contributed by atoms with van der Waals surface area (Å²) < 4.78 is 29.9. The maximum Gasteiger partial charge on any atom is 0.270 e. The molecular weight excluding hydrogens is 475 g/mol.